The smallest absolute Gasteiger partial charge is 0.253 e. The van der Waals surface area contributed by atoms with Gasteiger partial charge in [-0.2, -0.15) is 0 Å². The number of Topliss-reactive ketones (excluding diaryl/α,β-unsaturated/α-hetero) is 1. The van der Waals surface area contributed by atoms with E-state index in [1.54, 1.807) is 62.0 Å². The first kappa shape index (κ1) is 23.1. The van der Waals surface area contributed by atoms with Crippen LogP contribution in [0.15, 0.2) is 47.6 Å². The summed E-state index contributed by atoms with van der Waals surface area (Å²) in [6, 6.07) is 11.2. The number of hydrogen-bond acceptors (Lipinski definition) is 6. The van der Waals surface area contributed by atoms with Gasteiger partial charge in [-0.1, -0.05) is 35.0 Å². The SMILES string of the molecule is COc1ccc(C(=O)CSc2nnc([C@@H](C)NC(=O)c3ccc(Cl)cc3Cl)n2C)cc1. The lowest BCUT2D eigenvalue weighted by Gasteiger charge is -2.14. The van der Waals surface area contributed by atoms with Gasteiger partial charge < -0.3 is 14.6 Å². The Morgan fingerprint density at radius 2 is 1.87 bits per heavy atom. The van der Waals surface area contributed by atoms with E-state index in [-0.39, 0.29) is 22.5 Å². The van der Waals surface area contributed by atoms with Gasteiger partial charge in [-0.05, 0) is 49.4 Å². The van der Waals surface area contributed by atoms with Gasteiger partial charge in [0.2, 0.25) is 0 Å². The molecule has 31 heavy (non-hydrogen) atoms. The fraction of sp³-hybridized carbons (Fsp3) is 0.238. The van der Waals surface area contributed by atoms with Gasteiger partial charge in [0.15, 0.2) is 16.8 Å². The third kappa shape index (κ3) is 5.58. The van der Waals surface area contributed by atoms with Crippen LogP contribution < -0.4 is 10.1 Å². The van der Waals surface area contributed by atoms with Gasteiger partial charge in [-0.15, -0.1) is 10.2 Å². The molecule has 1 amide bonds. The van der Waals surface area contributed by atoms with Crippen molar-refractivity contribution in [3.63, 3.8) is 0 Å². The first-order valence-electron chi connectivity index (χ1n) is 9.25. The molecule has 1 atom stereocenters. The molecule has 0 saturated carbocycles. The number of rotatable bonds is 8. The van der Waals surface area contributed by atoms with Gasteiger partial charge in [0.1, 0.15) is 5.75 Å². The Hall–Kier alpha value is -2.55. The maximum Gasteiger partial charge on any atom is 0.253 e. The molecule has 0 saturated heterocycles. The lowest BCUT2D eigenvalue weighted by molar-refractivity contribution is 0.0937. The van der Waals surface area contributed by atoms with Crippen molar-refractivity contribution in [1.82, 2.24) is 20.1 Å². The van der Waals surface area contributed by atoms with Crippen LogP contribution in [0, 0.1) is 0 Å². The standard InChI is InChI=1S/C21H20Cl2N4O3S/c1-12(24-20(29)16-9-6-14(22)10-17(16)23)19-25-26-21(27(19)2)31-11-18(28)13-4-7-15(30-3)8-5-13/h4-10,12H,11H2,1-3H3,(H,24,29)/t12-/m1/s1. The van der Waals surface area contributed by atoms with Crippen molar-refractivity contribution < 1.29 is 14.3 Å². The first-order valence-corrected chi connectivity index (χ1v) is 11.0. The summed E-state index contributed by atoms with van der Waals surface area (Å²) in [6.07, 6.45) is 0. The Labute approximate surface area is 194 Å². The fourth-order valence-corrected chi connectivity index (χ4v) is 4.14. The third-order valence-electron chi connectivity index (χ3n) is 4.52. The van der Waals surface area contributed by atoms with Gasteiger partial charge in [-0.25, -0.2) is 0 Å². The first-order chi connectivity index (χ1) is 14.8. The monoisotopic (exact) mass is 478 g/mol. The molecule has 10 heteroatoms. The number of aromatic nitrogens is 3. The summed E-state index contributed by atoms with van der Waals surface area (Å²) < 4.78 is 6.86. The van der Waals surface area contributed by atoms with E-state index in [9.17, 15) is 9.59 Å². The van der Waals surface area contributed by atoms with Crippen LogP contribution in [-0.4, -0.2) is 39.3 Å². The summed E-state index contributed by atoms with van der Waals surface area (Å²) in [4.78, 5) is 25.0. The molecule has 1 heterocycles. The topological polar surface area (TPSA) is 86.1 Å². The number of benzene rings is 2. The number of methoxy groups -OCH3 is 1. The van der Waals surface area contributed by atoms with Gasteiger partial charge in [-0.3, -0.25) is 9.59 Å². The number of halogens is 2. The number of nitrogens with zero attached hydrogens (tertiary/aromatic N) is 3. The van der Waals surface area contributed by atoms with Crippen LogP contribution >= 0.6 is 35.0 Å². The second kappa shape index (κ2) is 10.2. The zero-order valence-electron chi connectivity index (χ0n) is 17.1. The number of carbonyl (C=O) groups is 2. The Bertz CT molecular complexity index is 1100. The maximum absolute atomic E-state index is 12.5. The van der Waals surface area contributed by atoms with Crippen molar-refractivity contribution >= 4 is 46.7 Å². The van der Waals surface area contributed by atoms with Crippen molar-refractivity contribution in [2.45, 2.75) is 18.1 Å². The summed E-state index contributed by atoms with van der Waals surface area (Å²) >= 11 is 13.3. The molecular weight excluding hydrogens is 459 g/mol. The van der Waals surface area contributed by atoms with E-state index in [2.05, 4.69) is 15.5 Å². The largest absolute Gasteiger partial charge is 0.497 e. The Morgan fingerprint density at radius 1 is 1.16 bits per heavy atom. The molecule has 3 rings (SSSR count). The van der Waals surface area contributed by atoms with Crippen molar-refractivity contribution in [3.8, 4) is 5.75 Å². The summed E-state index contributed by atoms with van der Waals surface area (Å²) in [7, 11) is 3.36. The molecule has 1 N–H and O–H groups in total. The van der Waals surface area contributed by atoms with Crippen LogP contribution in [-0.2, 0) is 7.05 Å². The minimum absolute atomic E-state index is 0.0315. The van der Waals surface area contributed by atoms with Gasteiger partial charge in [0.05, 0.1) is 29.5 Å². The molecule has 0 bridgehead atoms. The molecule has 0 unspecified atom stereocenters. The second-order valence-electron chi connectivity index (χ2n) is 6.66. The van der Waals surface area contributed by atoms with Crippen LogP contribution in [0.1, 0.15) is 39.5 Å². The predicted molar refractivity (Wildman–Crippen MR) is 121 cm³/mol. The number of carbonyl (C=O) groups excluding carboxylic acids is 2. The Morgan fingerprint density at radius 3 is 2.52 bits per heavy atom. The predicted octanol–water partition coefficient (Wildman–Crippen LogP) is 4.60. The summed E-state index contributed by atoms with van der Waals surface area (Å²) in [5, 5.41) is 12.5. The van der Waals surface area contributed by atoms with Gasteiger partial charge in [0, 0.05) is 17.6 Å². The average Bonchev–Trinajstić information content (AvgIpc) is 3.12. The number of ketones is 1. The number of nitrogens with one attached hydrogen (secondary N) is 1. The van der Waals surface area contributed by atoms with Gasteiger partial charge >= 0.3 is 0 Å². The Balaban J connectivity index is 1.63. The summed E-state index contributed by atoms with van der Waals surface area (Å²) in [6.45, 7) is 1.79. The molecule has 0 spiro atoms. The van der Waals surface area contributed by atoms with Crippen molar-refractivity contribution in [2.75, 3.05) is 12.9 Å². The van der Waals surface area contributed by atoms with E-state index in [1.165, 1.54) is 17.8 Å². The third-order valence-corrected chi connectivity index (χ3v) is 6.09. The minimum Gasteiger partial charge on any atom is -0.497 e. The highest BCUT2D eigenvalue weighted by molar-refractivity contribution is 7.99. The number of hydrogen-bond donors (Lipinski definition) is 1. The van der Waals surface area contributed by atoms with E-state index >= 15 is 0 Å². The number of thioether (sulfide) groups is 1. The highest BCUT2D eigenvalue weighted by atomic mass is 35.5. The molecule has 3 aromatic rings. The van der Waals surface area contributed by atoms with Crippen LogP contribution in [0.2, 0.25) is 10.0 Å². The quantitative estimate of drug-likeness (QED) is 0.376. The average molecular weight is 479 g/mol. The van der Waals surface area contributed by atoms with E-state index in [1.807, 2.05) is 0 Å². The second-order valence-corrected chi connectivity index (χ2v) is 8.45. The number of amides is 1. The molecule has 0 radical (unpaired) electrons. The molecule has 0 aliphatic rings. The number of ether oxygens (including phenoxy) is 1. The fourth-order valence-electron chi connectivity index (χ4n) is 2.83. The van der Waals surface area contributed by atoms with Crippen molar-refractivity contribution in [2.24, 2.45) is 7.05 Å². The molecule has 0 aliphatic carbocycles. The van der Waals surface area contributed by atoms with E-state index in [4.69, 9.17) is 27.9 Å². The van der Waals surface area contributed by atoms with Crippen LogP contribution in [0.4, 0.5) is 0 Å². The molecular formula is C21H20Cl2N4O3S. The molecule has 0 aliphatic heterocycles. The molecule has 2 aromatic carbocycles. The highest BCUT2D eigenvalue weighted by Crippen LogP contribution is 2.23. The minimum atomic E-state index is -0.427. The molecule has 1 aromatic heterocycles. The van der Waals surface area contributed by atoms with Crippen LogP contribution in [0.25, 0.3) is 0 Å². The summed E-state index contributed by atoms with van der Waals surface area (Å²) in [5.41, 5.74) is 0.913. The van der Waals surface area contributed by atoms with E-state index in [0.29, 0.717) is 32.9 Å². The molecule has 162 valence electrons. The lowest BCUT2D eigenvalue weighted by atomic mass is 10.1. The normalized spacial score (nSPS) is 11.8. The Kier molecular flexibility index (Phi) is 7.59. The molecule has 7 nitrogen and oxygen atoms in total. The van der Waals surface area contributed by atoms with Crippen molar-refractivity contribution in [1.29, 1.82) is 0 Å². The van der Waals surface area contributed by atoms with E-state index in [0.717, 1.165) is 0 Å². The highest BCUT2D eigenvalue weighted by Gasteiger charge is 2.20. The molecule has 0 fully saturated rings. The zero-order chi connectivity index (χ0) is 22.5. The van der Waals surface area contributed by atoms with Crippen LogP contribution in [0.3, 0.4) is 0 Å². The van der Waals surface area contributed by atoms with Gasteiger partial charge in [0.25, 0.3) is 5.91 Å². The summed E-state index contributed by atoms with van der Waals surface area (Å²) in [5.74, 6) is 1.08. The van der Waals surface area contributed by atoms with Crippen LogP contribution in [0.5, 0.6) is 5.75 Å². The lowest BCUT2D eigenvalue weighted by Crippen LogP contribution is -2.28. The van der Waals surface area contributed by atoms with Crippen molar-refractivity contribution in [3.05, 3.63) is 69.5 Å². The maximum atomic E-state index is 12.5. The van der Waals surface area contributed by atoms with E-state index < -0.39 is 6.04 Å². The zero-order valence-corrected chi connectivity index (χ0v) is 19.4.